The highest BCUT2D eigenvalue weighted by atomic mass is 15.3. The molecule has 0 radical (unpaired) electrons. The monoisotopic (exact) mass is 387 g/mol. The molecule has 0 spiro atoms. The fourth-order valence-corrected chi connectivity index (χ4v) is 3.86. The quantitative estimate of drug-likeness (QED) is 0.631. The van der Waals surface area contributed by atoms with Gasteiger partial charge in [0.15, 0.2) is 0 Å². The number of piperazine rings is 1. The molecule has 5 nitrogen and oxygen atoms in total. The van der Waals surface area contributed by atoms with E-state index in [1.54, 1.807) is 0 Å². The van der Waals surface area contributed by atoms with Crippen LogP contribution < -0.4 is 9.80 Å². The van der Waals surface area contributed by atoms with E-state index in [2.05, 4.69) is 88.1 Å². The van der Waals surface area contributed by atoms with Gasteiger partial charge in [-0.15, -0.1) is 0 Å². The molecule has 0 N–H and O–H groups in total. The Hall–Kier alpha value is -2.92. The summed E-state index contributed by atoms with van der Waals surface area (Å²) in [6.45, 7) is 10.1. The van der Waals surface area contributed by atoms with Crippen molar-refractivity contribution in [2.24, 2.45) is 0 Å². The Bertz CT molecular complexity index is 919. The summed E-state index contributed by atoms with van der Waals surface area (Å²) >= 11 is 0. The average molecular weight is 388 g/mol. The van der Waals surface area contributed by atoms with E-state index in [4.69, 9.17) is 4.98 Å². The van der Waals surface area contributed by atoms with Crippen LogP contribution in [0.15, 0.2) is 66.9 Å². The molecule has 1 aromatic heterocycles. The van der Waals surface area contributed by atoms with Crippen LogP contribution in [-0.4, -0.2) is 47.6 Å². The molecule has 1 saturated heterocycles. The third kappa shape index (κ3) is 4.74. The van der Waals surface area contributed by atoms with Crippen molar-refractivity contribution in [2.75, 3.05) is 42.5 Å². The van der Waals surface area contributed by atoms with E-state index in [9.17, 15) is 0 Å². The van der Waals surface area contributed by atoms with Gasteiger partial charge in [0.25, 0.3) is 0 Å². The minimum absolute atomic E-state index is 0.827. The Morgan fingerprint density at radius 1 is 0.931 bits per heavy atom. The van der Waals surface area contributed by atoms with Gasteiger partial charge >= 0.3 is 0 Å². The summed E-state index contributed by atoms with van der Waals surface area (Å²) in [5.74, 6) is 1.78. The summed E-state index contributed by atoms with van der Waals surface area (Å²) in [6, 6.07) is 21.3. The molecule has 4 rings (SSSR count). The summed E-state index contributed by atoms with van der Waals surface area (Å²) in [7, 11) is 0. The van der Waals surface area contributed by atoms with Crippen LogP contribution >= 0.6 is 0 Å². The van der Waals surface area contributed by atoms with Crippen molar-refractivity contribution >= 4 is 17.5 Å². The predicted molar refractivity (Wildman–Crippen MR) is 120 cm³/mol. The highest BCUT2D eigenvalue weighted by molar-refractivity contribution is 5.61. The molecule has 0 unspecified atom stereocenters. The minimum Gasteiger partial charge on any atom is -0.338 e. The molecular weight excluding hydrogens is 358 g/mol. The van der Waals surface area contributed by atoms with E-state index < -0.39 is 0 Å². The van der Waals surface area contributed by atoms with Crippen LogP contribution in [0.25, 0.3) is 0 Å². The molecule has 0 amide bonds. The molecular formula is C24H29N5. The normalized spacial score (nSPS) is 14.8. The van der Waals surface area contributed by atoms with Crippen molar-refractivity contribution in [1.29, 1.82) is 0 Å². The maximum atomic E-state index is 4.90. The Morgan fingerprint density at radius 3 is 2.45 bits per heavy atom. The predicted octanol–water partition coefficient (Wildman–Crippen LogP) is 4.27. The molecule has 0 saturated carbocycles. The summed E-state index contributed by atoms with van der Waals surface area (Å²) in [5, 5.41) is 0. The van der Waals surface area contributed by atoms with Crippen LogP contribution in [0.5, 0.6) is 0 Å². The molecule has 2 aromatic carbocycles. The van der Waals surface area contributed by atoms with E-state index in [0.717, 1.165) is 51.0 Å². The number of aromatic nitrogens is 2. The van der Waals surface area contributed by atoms with Gasteiger partial charge < -0.3 is 9.80 Å². The molecule has 29 heavy (non-hydrogen) atoms. The van der Waals surface area contributed by atoms with Gasteiger partial charge in [-0.25, -0.2) is 4.98 Å². The lowest BCUT2D eigenvalue weighted by Gasteiger charge is -2.35. The highest BCUT2D eigenvalue weighted by Gasteiger charge is 2.20. The molecule has 1 aliphatic heterocycles. The largest absolute Gasteiger partial charge is 0.338 e. The molecule has 0 aliphatic carbocycles. The van der Waals surface area contributed by atoms with Crippen LogP contribution in [0.4, 0.5) is 17.5 Å². The molecule has 5 heteroatoms. The average Bonchev–Trinajstić information content (AvgIpc) is 2.76. The smallest absolute Gasteiger partial charge is 0.227 e. The van der Waals surface area contributed by atoms with Gasteiger partial charge in [-0.2, -0.15) is 4.98 Å². The lowest BCUT2D eigenvalue weighted by atomic mass is 10.2. The first-order valence-electron chi connectivity index (χ1n) is 10.4. The van der Waals surface area contributed by atoms with Crippen molar-refractivity contribution in [2.45, 2.75) is 20.4 Å². The summed E-state index contributed by atoms with van der Waals surface area (Å²) in [4.78, 5) is 16.5. The van der Waals surface area contributed by atoms with Crippen LogP contribution in [0, 0.1) is 6.92 Å². The zero-order valence-electron chi connectivity index (χ0n) is 17.3. The zero-order valence-corrected chi connectivity index (χ0v) is 17.3. The molecule has 1 aliphatic rings. The topological polar surface area (TPSA) is 35.5 Å². The van der Waals surface area contributed by atoms with E-state index in [1.165, 1.54) is 16.8 Å². The van der Waals surface area contributed by atoms with Gasteiger partial charge in [-0.3, -0.25) is 4.90 Å². The number of anilines is 3. The Labute approximate surface area is 173 Å². The molecule has 2 heterocycles. The fourth-order valence-electron chi connectivity index (χ4n) is 3.86. The number of hydrogen-bond acceptors (Lipinski definition) is 5. The Balaban J connectivity index is 1.44. The van der Waals surface area contributed by atoms with Gasteiger partial charge in [0, 0.05) is 51.2 Å². The van der Waals surface area contributed by atoms with Gasteiger partial charge in [0.05, 0.1) is 0 Å². The number of hydrogen-bond donors (Lipinski definition) is 0. The van der Waals surface area contributed by atoms with Crippen molar-refractivity contribution in [3.05, 3.63) is 78.0 Å². The van der Waals surface area contributed by atoms with E-state index in [0.29, 0.717) is 0 Å². The minimum atomic E-state index is 0.827. The summed E-state index contributed by atoms with van der Waals surface area (Å²) in [5.41, 5.74) is 3.80. The first kappa shape index (κ1) is 19.4. The summed E-state index contributed by atoms with van der Waals surface area (Å²) < 4.78 is 0. The number of nitrogens with zero attached hydrogens (tertiary/aromatic N) is 5. The zero-order chi connectivity index (χ0) is 20.1. The van der Waals surface area contributed by atoms with Gasteiger partial charge in [0.1, 0.15) is 5.82 Å². The second kappa shape index (κ2) is 9.05. The van der Waals surface area contributed by atoms with E-state index in [-0.39, 0.29) is 0 Å². The Kier molecular flexibility index (Phi) is 6.06. The first-order chi connectivity index (χ1) is 14.2. The SMILES string of the molecule is CCN(c1cccc(C)c1)c1ccnc(N2CCN(Cc3ccccc3)CC2)n1. The van der Waals surface area contributed by atoms with Gasteiger partial charge in [-0.1, -0.05) is 42.5 Å². The van der Waals surface area contributed by atoms with Crippen molar-refractivity contribution in [1.82, 2.24) is 14.9 Å². The molecule has 3 aromatic rings. The van der Waals surface area contributed by atoms with Crippen LogP contribution in [0.3, 0.4) is 0 Å². The standard InChI is InChI=1S/C24H29N5/c1-3-29(22-11-7-8-20(2)18-22)23-12-13-25-24(26-23)28-16-14-27(15-17-28)19-21-9-5-4-6-10-21/h4-13,18H,3,14-17,19H2,1-2H3. The number of benzene rings is 2. The maximum Gasteiger partial charge on any atom is 0.227 e. The maximum absolute atomic E-state index is 4.90. The second-order valence-electron chi connectivity index (χ2n) is 7.55. The van der Waals surface area contributed by atoms with Crippen molar-refractivity contribution < 1.29 is 0 Å². The molecule has 150 valence electrons. The van der Waals surface area contributed by atoms with Crippen LogP contribution in [0.2, 0.25) is 0 Å². The van der Waals surface area contributed by atoms with Crippen LogP contribution in [0.1, 0.15) is 18.1 Å². The van der Waals surface area contributed by atoms with Gasteiger partial charge in [-0.05, 0) is 43.2 Å². The lowest BCUT2D eigenvalue weighted by Crippen LogP contribution is -2.46. The van der Waals surface area contributed by atoms with E-state index in [1.807, 2.05) is 12.3 Å². The molecule has 1 fully saturated rings. The fraction of sp³-hybridized carbons (Fsp3) is 0.333. The third-order valence-electron chi connectivity index (χ3n) is 5.44. The van der Waals surface area contributed by atoms with Gasteiger partial charge in [0.2, 0.25) is 5.95 Å². The number of rotatable bonds is 6. The van der Waals surface area contributed by atoms with Crippen LogP contribution in [-0.2, 0) is 6.54 Å². The first-order valence-corrected chi connectivity index (χ1v) is 10.4. The Morgan fingerprint density at radius 2 is 1.72 bits per heavy atom. The summed E-state index contributed by atoms with van der Waals surface area (Å²) in [6.07, 6.45) is 1.88. The highest BCUT2D eigenvalue weighted by Crippen LogP contribution is 2.25. The van der Waals surface area contributed by atoms with E-state index >= 15 is 0 Å². The van der Waals surface area contributed by atoms with Crippen molar-refractivity contribution in [3.63, 3.8) is 0 Å². The van der Waals surface area contributed by atoms with Crippen molar-refractivity contribution in [3.8, 4) is 0 Å². The number of aryl methyl sites for hydroxylation is 1. The molecule has 0 bridgehead atoms. The second-order valence-corrected chi connectivity index (χ2v) is 7.55. The molecule has 0 atom stereocenters. The lowest BCUT2D eigenvalue weighted by molar-refractivity contribution is 0.248. The third-order valence-corrected chi connectivity index (χ3v) is 5.44.